The summed E-state index contributed by atoms with van der Waals surface area (Å²) in [5, 5.41) is 14.3. The average molecular weight is 315 g/mol. The number of nitrogens with zero attached hydrogens (tertiary/aromatic N) is 1. The van der Waals surface area contributed by atoms with E-state index in [0.717, 1.165) is 24.6 Å². The van der Waals surface area contributed by atoms with Gasteiger partial charge in [0.1, 0.15) is 5.69 Å². The van der Waals surface area contributed by atoms with E-state index in [4.69, 9.17) is 0 Å². The van der Waals surface area contributed by atoms with Crippen LogP contribution in [0.5, 0.6) is 0 Å². The molecule has 0 aliphatic rings. The molecule has 0 bridgehead atoms. The number of nitro groups is 1. The number of benzene rings is 1. The molecule has 1 amide bonds. The Labute approximate surface area is 114 Å². The van der Waals surface area contributed by atoms with Gasteiger partial charge in [-0.25, -0.2) is 0 Å². The van der Waals surface area contributed by atoms with Crippen LogP contribution in [0.1, 0.15) is 25.7 Å². The first kappa shape index (κ1) is 14.6. The second kappa shape index (κ2) is 7.81. The molecule has 0 aliphatic heterocycles. The lowest BCUT2D eigenvalue weighted by Gasteiger charge is -2.05. The zero-order valence-electron chi connectivity index (χ0n) is 9.89. The Kier molecular flexibility index (Phi) is 6.35. The molecular formula is C12H15BrN2O3. The van der Waals surface area contributed by atoms with Gasteiger partial charge in [-0.2, -0.15) is 0 Å². The van der Waals surface area contributed by atoms with Gasteiger partial charge < -0.3 is 5.32 Å². The van der Waals surface area contributed by atoms with Crippen molar-refractivity contribution in [3.63, 3.8) is 0 Å². The largest absolute Gasteiger partial charge is 0.320 e. The molecular weight excluding hydrogens is 300 g/mol. The molecule has 0 unspecified atom stereocenters. The van der Waals surface area contributed by atoms with Crippen LogP contribution in [0.25, 0.3) is 0 Å². The van der Waals surface area contributed by atoms with Crippen molar-refractivity contribution >= 4 is 33.2 Å². The highest BCUT2D eigenvalue weighted by Gasteiger charge is 2.14. The van der Waals surface area contributed by atoms with Crippen LogP contribution in [0, 0.1) is 10.1 Å². The predicted molar refractivity (Wildman–Crippen MR) is 74.0 cm³/mol. The molecule has 0 spiro atoms. The number of amides is 1. The summed E-state index contributed by atoms with van der Waals surface area (Å²) in [4.78, 5) is 21.9. The maximum absolute atomic E-state index is 11.6. The molecule has 0 aromatic heterocycles. The van der Waals surface area contributed by atoms with E-state index >= 15 is 0 Å². The van der Waals surface area contributed by atoms with Crippen LogP contribution >= 0.6 is 15.9 Å². The van der Waals surface area contributed by atoms with Crippen molar-refractivity contribution in [1.29, 1.82) is 0 Å². The van der Waals surface area contributed by atoms with Crippen LogP contribution in [0.4, 0.5) is 11.4 Å². The first-order chi connectivity index (χ1) is 8.65. The van der Waals surface area contributed by atoms with Gasteiger partial charge in [0.05, 0.1) is 4.92 Å². The van der Waals surface area contributed by atoms with Gasteiger partial charge in [0, 0.05) is 17.8 Å². The first-order valence-corrected chi connectivity index (χ1v) is 6.86. The summed E-state index contributed by atoms with van der Waals surface area (Å²) in [5.74, 6) is -0.182. The smallest absolute Gasteiger partial charge is 0.292 e. The Morgan fingerprint density at radius 2 is 2.00 bits per heavy atom. The number of unbranched alkanes of at least 4 members (excludes halogenated alkanes) is 2. The summed E-state index contributed by atoms with van der Waals surface area (Å²) in [7, 11) is 0. The normalized spacial score (nSPS) is 10.1. The van der Waals surface area contributed by atoms with E-state index in [-0.39, 0.29) is 17.3 Å². The second-order valence-electron chi connectivity index (χ2n) is 3.82. The van der Waals surface area contributed by atoms with Gasteiger partial charge in [-0.15, -0.1) is 0 Å². The number of hydrogen-bond donors (Lipinski definition) is 1. The van der Waals surface area contributed by atoms with Crippen LogP contribution < -0.4 is 5.32 Å². The fourth-order valence-corrected chi connectivity index (χ4v) is 1.90. The number of hydrogen-bond acceptors (Lipinski definition) is 3. The Morgan fingerprint density at radius 1 is 1.28 bits per heavy atom. The summed E-state index contributed by atoms with van der Waals surface area (Å²) in [5.41, 5.74) is 0.180. The number of anilines is 1. The van der Waals surface area contributed by atoms with E-state index in [0.29, 0.717) is 6.42 Å². The predicted octanol–water partition coefficient (Wildman–Crippen LogP) is 3.49. The van der Waals surface area contributed by atoms with Crippen molar-refractivity contribution in [3.05, 3.63) is 34.4 Å². The van der Waals surface area contributed by atoms with Crippen LogP contribution in [-0.4, -0.2) is 16.2 Å². The second-order valence-corrected chi connectivity index (χ2v) is 4.62. The SMILES string of the molecule is O=C(CCCCCBr)Nc1ccccc1[N+](=O)[O-]. The molecule has 18 heavy (non-hydrogen) atoms. The molecule has 98 valence electrons. The van der Waals surface area contributed by atoms with E-state index in [1.807, 2.05) is 0 Å². The molecule has 0 heterocycles. The Morgan fingerprint density at radius 3 is 2.67 bits per heavy atom. The van der Waals surface area contributed by atoms with Crippen molar-refractivity contribution in [2.45, 2.75) is 25.7 Å². The van der Waals surface area contributed by atoms with Crippen molar-refractivity contribution in [2.24, 2.45) is 0 Å². The van der Waals surface area contributed by atoms with E-state index in [9.17, 15) is 14.9 Å². The number of carbonyl (C=O) groups is 1. The zero-order valence-corrected chi connectivity index (χ0v) is 11.5. The summed E-state index contributed by atoms with van der Waals surface area (Å²) in [6.45, 7) is 0. The molecule has 0 saturated heterocycles. The first-order valence-electron chi connectivity index (χ1n) is 5.74. The lowest BCUT2D eigenvalue weighted by atomic mass is 10.2. The third-order valence-corrected chi connectivity index (χ3v) is 2.97. The van der Waals surface area contributed by atoms with Gasteiger partial charge in [-0.05, 0) is 18.9 Å². The highest BCUT2D eigenvalue weighted by Crippen LogP contribution is 2.23. The fourth-order valence-electron chi connectivity index (χ4n) is 1.51. The summed E-state index contributed by atoms with van der Waals surface area (Å²) in [6, 6.07) is 6.15. The average Bonchev–Trinajstić information content (AvgIpc) is 2.35. The van der Waals surface area contributed by atoms with Crippen LogP contribution in [-0.2, 0) is 4.79 Å². The lowest BCUT2D eigenvalue weighted by molar-refractivity contribution is -0.383. The third-order valence-electron chi connectivity index (χ3n) is 2.41. The number of rotatable bonds is 7. The van der Waals surface area contributed by atoms with Gasteiger partial charge in [-0.1, -0.05) is 34.5 Å². The number of halogens is 1. The molecule has 0 atom stereocenters. The molecule has 1 aromatic rings. The van der Waals surface area contributed by atoms with Crippen molar-refractivity contribution in [1.82, 2.24) is 0 Å². The van der Waals surface area contributed by atoms with Gasteiger partial charge in [0.2, 0.25) is 5.91 Å². The molecule has 1 rings (SSSR count). The number of nitro benzene ring substituents is 1. The molecule has 0 saturated carbocycles. The highest BCUT2D eigenvalue weighted by atomic mass is 79.9. The van der Waals surface area contributed by atoms with E-state index < -0.39 is 4.92 Å². The minimum Gasteiger partial charge on any atom is -0.320 e. The van der Waals surface area contributed by atoms with Crippen molar-refractivity contribution in [2.75, 3.05) is 10.6 Å². The molecule has 0 radical (unpaired) electrons. The number of alkyl halides is 1. The van der Waals surface area contributed by atoms with Gasteiger partial charge >= 0.3 is 0 Å². The van der Waals surface area contributed by atoms with E-state index in [2.05, 4.69) is 21.2 Å². The fraction of sp³-hybridized carbons (Fsp3) is 0.417. The number of nitrogens with one attached hydrogen (secondary N) is 1. The van der Waals surface area contributed by atoms with Gasteiger partial charge in [-0.3, -0.25) is 14.9 Å². The number of para-hydroxylation sites is 2. The van der Waals surface area contributed by atoms with Crippen LogP contribution in [0.3, 0.4) is 0 Å². The molecule has 5 nitrogen and oxygen atoms in total. The van der Waals surface area contributed by atoms with Crippen LogP contribution in [0.15, 0.2) is 24.3 Å². The Bertz CT molecular complexity index is 424. The maximum Gasteiger partial charge on any atom is 0.292 e. The Balaban J connectivity index is 2.51. The monoisotopic (exact) mass is 314 g/mol. The summed E-state index contributed by atoms with van der Waals surface area (Å²) < 4.78 is 0. The maximum atomic E-state index is 11.6. The summed E-state index contributed by atoms with van der Waals surface area (Å²) in [6.07, 6.45) is 3.17. The lowest BCUT2D eigenvalue weighted by Crippen LogP contribution is -2.12. The molecule has 0 fully saturated rings. The standard InChI is InChI=1S/C12H15BrN2O3/c13-9-5-1-2-8-12(16)14-10-6-3-4-7-11(10)15(17)18/h3-4,6-7H,1-2,5,8-9H2,(H,14,16). The van der Waals surface area contributed by atoms with Crippen molar-refractivity contribution in [3.8, 4) is 0 Å². The van der Waals surface area contributed by atoms with E-state index in [1.165, 1.54) is 12.1 Å². The molecule has 0 aliphatic carbocycles. The number of carbonyl (C=O) groups excluding carboxylic acids is 1. The zero-order chi connectivity index (χ0) is 13.4. The topological polar surface area (TPSA) is 72.2 Å². The quantitative estimate of drug-likeness (QED) is 0.362. The van der Waals surface area contributed by atoms with E-state index in [1.54, 1.807) is 12.1 Å². The van der Waals surface area contributed by atoms with Gasteiger partial charge in [0.25, 0.3) is 5.69 Å². The summed E-state index contributed by atoms with van der Waals surface area (Å²) >= 11 is 3.32. The molecule has 1 aromatic carbocycles. The molecule has 1 N–H and O–H groups in total. The Hall–Kier alpha value is -1.43. The minimum absolute atomic E-state index is 0.0775. The molecule has 6 heteroatoms. The minimum atomic E-state index is -0.500. The van der Waals surface area contributed by atoms with Gasteiger partial charge in [0.15, 0.2) is 0 Å². The van der Waals surface area contributed by atoms with Crippen molar-refractivity contribution < 1.29 is 9.72 Å². The highest BCUT2D eigenvalue weighted by molar-refractivity contribution is 9.09. The van der Waals surface area contributed by atoms with Crippen LogP contribution in [0.2, 0.25) is 0 Å². The third kappa shape index (κ3) is 4.83.